The van der Waals surface area contributed by atoms with Gasteiger partial charge in [-0.3, -0.25) is 4.79 Å². The maximum absolute atomic E-state index is 13.9. The normalized spacial score (nSPS) is 22.3. The van der Waals surface area contributed by atoms with E-state index < -0.39 is 0 Å². The van der Waals surface area contributed by atoms with Crippen molar-refractivity contribution in [3.8, 4) is 0 Å². The van der Waals surface area contributed by atoms with E-state index in [-0.39, 0.29) is 17.5 Å². The van der Waals surface area contributed by atoms with Crippen molar-refractivity contribution in [2.45, 2.75) is 76.3 Å². The Morgan fingerprint density at radius 1 is 1.25 bits per heavy atom. The Morgan fingerprint density at radius 2 is 2.04 bits per heavy atom. The summed E-state index contributed by atoms with van der Waals surface area (Å²) in [6.45, 7) is 6.20. The van der Waals surface area contributed by atoms with E-state index >= 15 is 0 Å². The summed E-state index contributed by atoms with van der Waals surface area (Å²) < 4.78 is 7.80. The van der Waals surface area contributed by atoms with Crippen LogP contribution >= 0.6 is 0 Å². The standard InChI is InChI=1S/C22H30N4O2/c1-15(2)26-20-18(13-23-26)17(12-19(24-20)16-6-7-16)21(27)25-10-11-28-14-22(25)8-4-3-5-9-22/h12-13,15-16H,3-11,14H2,1-2H3. The third-order valence-corrected chi connectivity index (χ3v) is 6.73. The highest BCUT2D eigenvalue weighted by atomic mass is 16.5. The van der Waals surface area contributed by atoms with Crippen LogP contribution in [0.25, 0.3) is 11.0 Å². The van der Waals surface area contributed by atoms with Crippen LogP contribution in [-0.2, 0) is 4.74 Å². The topological polar surface area (TPSA) is 60.2 Å². The van der Waals surface area contributed by atoms with E-state index in [1.807, 2.05) is 10.9 Å². The second kappa shape index (κ2) is 6.83. The quantitative estimate of drug-likeness (QED) is 0.803. The van der Waals surface area contributed by atoms with Gasteiger partial charge >= 0.3 is 0 Å². The molecule has 6 heteroatoms. The Labute approximate surface area is 166 Å². The molecule has 0 radical (unpaired) electrons. The van der Waals surface area contributed by atoms with E-state index in [2.05, 4.69) is 29.9 Å². The first-order valence-electron chi connectivity index (χ1n) is 10.9. The number of fused-ring (bicyclic) bond motifs is 1. The monoisotopic (exact) mass is 382 g/mol. The highest BCUT2D eigenvalue weighted by Gasteiger charge is 2.44. The molecule has 0 N–H and O–H groups in total. The highest BCUT2D eigenvalue weighted by Crippen LogP contribution is 2.41. The van der Waals surface area contributed by atoms with Crippen LogP contribution < -0.4 is 0 Å². The van der Waals surface area contributed by atoms with Crippen molar-refractivity contribution in [1.29, 1.82) is 0 Å². The van der Waals surface area contributed by atoms with E-state index in [9.17, 15) is 4.79 Å². The molecular formula is C22H30N4O2. The zero-order chi connectivity index (χ0) is 19.3. The van der Waals surface area contributed by atoms with Crippen LogP contribution in [0.3, 0.4) is 0 Å². The maximum Gasteiger partial charge on any atom is 0.255 e. The number of aromatic nitrogens is 3. The molecule has 2 aliphatic carbocycles. The first-order valence-corrected chi connectivity index (χ1v) is 10.9. The molecule has 28 heavy (non-hydrogen) atoms. The number of hydrogen-bond donors (Lipinski definition) is 0. The average Bonchev–Trinajstić information content (AvgIpc) is 3.46. The fraction of sp³-hybridized carbons (Fsp3) is 0.682. The molecule has 2 aromatic rings. The Kier molecular flexibility index (Phi) is 4.42. The summed E-state index contributed by atoms with van der Waals surface area (Å²) in [4.78, 5) is 20.9. The van der Waals surface area contributed by atoms with Crippen LogP contribution in [0, 0.1) is 0 Å². The van der Waals surface area contributed by atoms with Crippen molar-refractivity contribution in [3.63, 3.8) is 0 Å². The third-order valence-electron chi connectivity index (χ3n) is 6.73. The summed E-state index contributed by atoms with van der Waals surface area (Å²) in [5.74, 6) is 0.641. The Balaban J connectivity index is 1.60. The van der Waals surface area contributed by atoms with Crippen LogP contribution in [0.5, 0.6) is 0 Å². The lowest BCUT2D eigenvalue weighted by atomic mass is 9.79. The minimum absolute atomic E-state index is 0.128. The van der Waals surface area contributed by atoms with E-state index in [0.29, 0.717) is 25.7 Å². The second-order valence-corrected chi connectivity index (χ2v) is 9.08. The van der Waals surface area contributed by atoms with Crippen molar-refractivity contribution < 1.29 is 9.53 Å². The molecule has 5 rings (SSSR count). The minimum Gasteiger partial charge on any atom is -0.377 e. The molecule has 3 heterocycles. The van der Waals surface area contributed by atoms with Gasteiger partial charge in [0, 0.05) is 24.2 Å². The molecule has 2 saturated carbocycles. The van der Waals surface area contributed by atoms with E-state index in [1.54, 1.807) is 0 Å². The number of morpholine rings is 1. The summed E-state index contributed by atoms with van der Waals surface area (Å²) in [7, 11) is 0. The average molecular weight is 383 g/mol. The lowest BCUT2D eigenvalue weighted by Gasteiger charge is -2.49. The van der Waals surface area contributed by atoms with Gasteiger partial charge in [-0.1, -0.05) is 19.3 Å². The lowest BCUT2D eigenvalue weighted by molar-refractivity contribution is -0.0681. The first-order chi connectivity index (χ1) is 13.6. The summed E-state index contributed by atoms with van der Waals surface area (Å²) in [5, 5.41) is 5.46. The third kappa shape index (κ3) is 2.93. The summed E-state index contributed by atoms with van der Waals surface area (Å²) in [5.41, 5.74) is 2.57. The molecule has 2 aromatic heterocycles. The van der Waals surface area contributed by atoms with Crippen molar-refractivity contribution in [2.24, 2.45) is 0 Å². The van der Waals surface area contributed by atoms with E-state index in [0.717, 1.165) is 35.1 Å². The van der Waals surface area contributed by atoms with Gasteiger partial charge < -0.3 is 9.64 Å². The molecule has 3 aliphatic rings. The van der Waals surface area contributed by atoms with Gasteiger partial charge in [-0.05, 0) is 45.6 Å². The van der Waals surface area contributed by atoms with Crippen LogP contribution in [-0.4, -0.2) is 50.9 Å². The zero-order valence-electron chi connectivity index (χ0n) is 17.0. The van der Waals surface area contributed by atoms with Crippen molar-refractivity contribution in [3.05, 3.63) is 23.5 Å². The first kappa shape index (κ1) is 18.1. The van der Waals surface area contributed by atoms with Gasteiger partial charge in [0.25, 0.3) is 5.91 Å². The van der Waals surface area contributed by atoms with Crippen LogP contribution in [0.15, 0.2) is 12.3 Å². The smallest absolute Gasteiger partial charge is 0.255 e. The predicted molar refractivity (Wildman–Crippen MR) is 108 cm³/mol. The van der Waals surface area contributed by atoms with Crippen molar-refractivity contribution >= 4 is 16.9 Å². The van der Waals surface area contributed by atoms with Gasteiger partial charge in [0.15, 0.2) is 5.65 Å². The number of ether oxygens (including phenoxy) is 1. The fourth-order valence-corrected chi connectivity index (χ4v) is 5.00. The maximum atomic E-state index is 13.9. The fourth-order valence-electron chi connectivity index (χ4n) is 5.00. The molecule has 1 aliphatic heterocycles. The molecule has 0 unspecified atom stereocenters. The Bertz CT molecular complexity index is 885. The van der Waals surface area contributed by atoms with Crippen LogP contribution in [0.4, 0.5) is 0 Å². The molecule has 1 spiro atoms. The van der Waals surface area contributed by atoms with Crippen molar-refractivity contribution in [1.82, 2.24) is 19.7 Å². The van der Waals surface area contributed by atoms with Crippen LogP contribution in [0.1, 0.15) is 86.8 Å². The zero-order valence-corrected chi connectivity index (χ0v) is 17.0. The minimum atomic E-state index is -0.128. The lowest BCUT2D eigenvalue weighted by Crippen LogP contribution is -2.59. The van der Waals surface area contributed by atoms with E-state index in [4.69, 9.17) is 9.72 Å². The Morgan fingerprint density at radius 3 is 2.75 bits per heavy atom. The largest absolute Gasteiger partial charge is 0.377 e. The number of amides is 1. The van der Waals surface area contributed by atoms with Gasteiger partial charge in [0.05, 0.1) is 35.9 Å². The number of carbonyl (C=O) groups excluding carboxylic acids is 1. The summed E-state index contributed by atoms with van der Waals surface area (Å²) >= 11 is 0. The van der Waals surface area contributed by atoms with Gasteiger partial charge in [0.1, 0.15) is 0 Å². The number of carbonyl (C=O) groups is 1. The SMILES string of the molecule is CC(C)n1ncc2c(C(=O)N3CCOCC34CCCCC4)cc(C3CC3)nc21. The van der Waals surface area contributed by atoms with Gasteiger partial charge in [-0.15, -0.1) is 0 Å². The molecule has 150 valence electrons. The van der Waals surface area contributed by atoms with Crippen LogP contribution in [0.2, 0.25) is 0 Å². The second-order valence-electron chi connectivity index (χ2n) is 9.08. The van der Waals surface area contributed by atoms with E-state index in [1.165, 1.54) is 32.1 Å². The number of hydrogen-bond acceptors (Lipinski definition) is 4. The molecule has 0 aromatic carbocycles. The Hall–Kier alpha value is -1.95. The van der Waals surface area contributed by atoms with Crippen molar-refractivity contribution in [2.75, 3.05) is 19.8 Å². The predicted octanol–water partition coefficient (Wildman–Crippen LogP) is 4.06. The number of nitrogens with zero attached hydrogens (tertiary/aromatic N) is 4. The molecule has 1 saturated heterocycles. The molecular weight excluding hydrogens is 352 g/mol. The molecule has 0 atom stereocenters. The number of pyridine rings is 1. The summed E-state index contributed by atoms with van der Waals surface area (Å²) in [6, 6.07) is 2.27. The van der Waals surface area contributed by atoms with Gasteiger partial charge in [-0.25, -0.2) is 9.67 Å². The van der Waals surface area contributed by atoms with Gasteiger partial charge in [0.2, 0.25) is 0 Å². The molecule has 1 amide bonds. The summed E-state index contributed by atoms with van der Waals surface area (Å²) in [6.07, 6.45) is 9.89. The molecule has 0 bridgehead atoms. The molecule has 6 nitrogen and oxygen atoms in total. The highest BCUT2D eigenvalue weighted by molar-refractivity contribution is 6.06. The van der Waals surface area contributed by atoms with Gasteiger partial charge in [-0.2, -0.15) is 5.10 Å². The molecule has 3 fully saturated rings. The number of rotatable bonds is 3.